The van der Waals surface area contributed by atoms with Crippen LogP contribution in [0.2, 0.25) is 10.0 Å². The van der Waals surface area contributed by atoms with Gasteiger partial charge in [0.25, 0.3) is 0 Å². The Morgan fingerprint density at radius 2 is 1.63 bits per heavy atom. The van der Waals surface area contributed by atoms with E-state index in [0.29, 0.717) is 15.6 Å². The van der Waals surface area contributed by atoms with Crippen molar-refractivity contribution >= 4 is 35.4 Å². The molecule has 0 bridgehead atoms. The highest BCUT2D eigenvalue weighted by Crippen LogP contribution is 2.30. The fourth-order valence-electron chi connectivity index (χ4n) is 1.46. The monoisotopic (exact) mass is 324 g/mol. The van der Waals surface area contributed by atoms with Crippen LogP contribution in [0.4, 0.5) is 13.2 Å². The molecule has 19 heavy (non-hydrogen) atoms. The molecule has 1 aromatic heterocycles. The van der Waals surface area contributed by atoms with Crippen molar-refractivity contribution < 1.29 is 13.2 Å². The van der Waals surface area contributed by atoms with E-state index < -0.39 is 12.0 Å². The standard InChI is InChI=1S/C11H5Cl2F3N2S/c12-6-1-5(2-7(13)3-6)8-4-9(19)18-10(17-8)11(14,15)16/h1-4H,(H,17,18,19). The molecule has 100 valence electrons. The summed E-state index contributed by atoms with van der Waals surface area (Å²) < 4.78 is 37.7. The first-order valence-electron chi connectivity index (χ1n) is 4.91. The van der Waals surface area contributed by atoms with Gasteiger partial charge in [-0.2, -0.15) is 13.2 Å². The smallest absolute Gasteiger partial charge is 0.335 e. The zero-order valence-corrected chi connectivity index (χ0v) is 11.4. The van der Waals surface area contributed by atoms with Gasteiger partial charge in [0, 0.05) is 15.6 Å². The lowest BCUT2D eigenvalue weighted by Crippen LogP contribution is -2.11. The van der Waals surface area contributed by atoms with Crippen molar-refractivity contribution in [2.24, 2.45) is 0 Å². The zero-order valence-electron chi connectivity index (χ0n) is 9.05. The van der Waals surface area contributed by atoms with Gasteiger partial charge < -0.3 is 4.98 Å². The molecule has 0 fully saturated rings. The number of aromatic nitrogens is 2. The van der Waals surface area contributed by atoms with Crippen LogP contribution in [0, 0.1) is 4.64 Å². The van der Waals surface area contributed by atoms with Gasteiger partial charge in [0.15, 0.2) is 0 Å². The van der Waals surface area contributed by atoms with Gasteiger partial charge in [0.2, 0.25) is 5.82 Å². The Hall–Kier alpha value is -1.11. The molecule has 2 nitrogen and oxygen atoms in total. The molecule has 1 N–H and O–H groups in total. The summed E-state index contributed by atoms with van der Waals surface area (Å²) in [6.45, 7) is 0. The number of hydrogen-bond acceptors (Lipinski definition) is 2. The number of H-pyrrole nitrogens is 1. The number of nitrogens with zero attached hydrogens (tertiary/aromatic N) is 1. The van der Waals surface area contributed by atoms with Crippen LogP contribution in [0.3, 0.4) is 0 Å². The molecule has 0 aliphatic heterocycles. The second kappa shape index (κ2) is 5.11. The third kappa shape index (κ3) is 3.46. The van der Waals surface area contributed by atoms with Gasteiger partial charge >= 0.3 is 6.18 Å². The van der Waals surface area contributed by atoms with Gasteiger partial charge in [-0.3, -0.25) is 0 Å². The minimum atomic E-state index is -4.61. The molecular formula is C11H5Cl2F3N2S. The van der Waals surface area contributed by atoms with E-state index in [1.807, 2.05) is 0 Å². The molecule has 0 radical (unpaired) electrons. The second-order valence-electron chi connectivity index (χ2n) is 3.64. The number of rotatable bonds is 1. The van der Waals surface area contributed by atoms with Crippen LogP contribution in [0.5, 0.6) is 0 Å². The lowest BCUT2D eigenvalue weighted by Gasteiger charge is -2.09. The number of nitrogens with one attached hydrogen (secondary N) is 1. The van der Waals surface area contributed by atoms with Gasteiger partial charge in [-0.1, -0.05) is 35.4 Å². The first-order chi connectivity index (χ1) is 8.75. The highest BCUT2D eigenvalue weighted by Gasteiger charge is 2.34. The van der Waals surface area contributed by atoms with Crippen molar-refractivity contribution in [1.82, 2.24) is 9.97 Å². The van der Waals surface area contributed by atoms with Crippen molar-refractivity contribution in [2.75, 3.05) is 0 Å². The molecule has 2 rings (SSSR count). The van der Waals surface area contributed by atoms with Crippen LogP contribution in [0.1, 0.15) is 5.82 Å². The third-order valence-electron chi connectivity index (χ3n) is 2.18. The minimum absolute atomic E-state index is 0.150. The molecule has 0 amide bonds. The Labute approximate surface area is 121 Å². The Bertz CT molecular complexity index is 662. The summed E-state index contributed by atoms with van der Waals surface area (Å²) in [5.74, 6) is -1.16. The summed E-state index contributed by atoms with van der Waals surface area (Å²) in [4.78, 5) is 5.42. The van der Waals surface area contributed by atoms with E-state index in [0.717, 1.165) is 0 Å². The predicted molar refractivity (Wildman–Crippen MR) is 69.9 cm³/mol. The molecule has 2 aromatic rings. The van der Waals surface area contributed by atoms with E-state index in [4.69, 9.17) is 35.4 Å². The summed E-state index contributed by atoms with van der Waals surface area (Å²) in [6, 6.07) is 5.75. The Morgan fingerprint density at radius 3 is 2.16 bits per heavy atom. The van der Waals surface area contributed by atoms with E-state index in [2.05, 4.69) is 9.97 Å². The normalized spacial score (nSPS) is 11.6. The molecule has 1 aromatic carbocycles. The maximum atomic E-state index is 12.6. The molecule has 0 atom stereocenters. The summed E-state index contributed by atoms with van der Waals surface area (Å²) in [7, 11) is 0. The van der Waals surface area contributed by atoms with Gasteiger partial charge in [-0.15, -0.1) is 0 Å². The molecule has 0 saturated heterocycles. The van der Waals surface area contributed by atoms with Crippen molar-refractivity contribution in [3.63, 3.8) is 0 Å². The van der Waals surface area contributed by atoms with Crippen LogP contribution < -0.4 is 0 Å². The summed E-state index contributed by atoms with van der Waals surface area (Å²) in [6.07, 6.45) is -4.61. The molecule has 0 unspecified atom stereocenters. The third-order valence-corrected chi connectivity index (χ3v) is 2.83. The van der Waals surface area contributed by atoms with Gasteiger partial charge in [-0.05, 0) is 24.3 Å². The maximum Gasteiger partial charge on any atom is 0.449 e. The number of alkyl halides is 3. The van der Waals surface area contributed by atoms with Gasteiger partial charge in [0.1, 0.15) is 4.64 Å². The topological polar surface area (TPSA) is 28.7 Å². The Kier molecular flexibility index (Phi) is 3.85. The van der Waals surface area contributed by atoms with Crippen LogP contribution in [0.25, 0.3) is 11.3 Å². The first-order valence-corrected chi connectivity index (χ1v) is 6.07. The first kappa shape index (κ1) is 14.3. The second-order valence-corrected chi connectivity index (χ2v) is 4.93. The zero-order chi connectivity index (χ0) is 14.2. The number of benzene rings is 1. The average Bonchev–Trinajstić information content (AvgIpc) is 2.25. The molecule has 8 heteroatoms. The lowest BCUT2D eigenvalue weighted by molar-refractivity contribution is -0.144. The minimum Gasteiger partial charge on any atom is -0.335 e. The molecule has 0 aliphatic rings. The highest BCUT2D eigenvalue weighted by molar-refractivity contribution is 7.71. The summed E-state index contributed by atoms with van der Waals surface area (Å²) in [5.41, 5.74) is 0.549. The molecule has 1 heterocycles. The quantitative estimate of drug-likeness (QED) is 0.736. The van der Waals surface area contributed by atoms with E-state index in [1.54, 1.807) is 0 Å². The van der Waals surface area contributed by atoms with E-state index >= 15 is 0 Å². The van der Waals surface area contributed by atoms with Gasteiger partial charge in [-0.25, -0.2) is 4.98 Å². The van der Waals surface area contributed by atoms with Crippen molar-refractivity contribution in [3.8, 4) is 11.3 Å². The summed E-state index contributed by atoms with van der Waals surface area (Å²) in [5, 5.41) is 0.624. The molecule has 0 aliphatic carbocycles. The fourth-order valence-corrected chi connectivity index (χ4v) is 2.19. The summed E-state index contributed by atoms with van der Waals surface area (Å²) >= 11 is 16.3. The largest absolute Gasteiger partial charge is 0.449 e. The van der Waals surface area contributed by atoms with Crippen LogP contribution >= 0.6 is 35.4 Å². The predicted octanol–water partition coefficient (Wildman–Crippen LogP) is 5.13. The van der Waals surface area contributed by atoms with Crippen molar-refractivity contribution in [1.29, 1.82) is 0 Å². The lowest BCUT2D eigenvalue weighted by atomic mass is 10.1. The molecule has 0 saturated carbocycles. The number of halogens is 5. The van der Waals surface area contributed by atoms with Crippen LogP contribution in [0.15, 0.2) is 24.3 Å². The fraction of sp³-hybridized carbons (Fsp3) is 0.0909. The van der Waals surface area contributed by atoms with Gasteiger partial charge in [0.05, 0.1) is 5.69 Å². The van der Waals surface area contributed by atoms with Crippen molar-refractivity contribution in [2.45, 2.75) is 6.18 Å². The van der Waals surface area contributed by atoms with Crippen molar-refractivity contribution in [3.05, 3.63) is 44.8 Å². The van der Waals surface area contributed by atoms with E-state index in [1.165, 1.54) is 24.3 Å². The van der Waals surface area contributed by atoms with E-state index in [9.17, 15) is 13.2 Å². The van der Waals surface area contributed by atoms with Crippen LogP contribution in [-0.2, 0) is 6.18 Å². The number of aromatic amines is 1. The Balaban J connectivity index is 2.63. The van der Waals surface area contributed by atoms with Crippen LogP contribution in [-0.4, -0.2) is 9.97 Å². The maximum absolute atomic E-state index is 12.6. The molecular weight excluding hydrogens is 320 g/mol. The average molecular weight is 325 g/mol. The molecule has 0 spiro atoms. The highest BCUT2D eigenvalue weighted by atomic mass is 35.5. The number of hydrogen-bond donors (Lipinski definition) is 1. The SMILES string of the molecule is FC(F)(F)c1nc(=S)cc(-c2cc(Cl)cc(Cl)c2)[nH]1. The van der Waals surface area contributed by atoms with E-state index in [-0.39, 0.29) is 10.3 Å². The Morgan fingerprint density at radius 1 is 1.05 bits per heavy atom.